The first kappa shape index (κ1) is 45.7. The predicted molar refractivity (Wildman–Crippen MR) is 242 cm³/mol. The number of nitrogens with zero attached hydrogens (tertiary/aromatic N) is 7. The number of piperazine rings is 1. The molecular weight excluding hydrogens is 801 g/mol. The summed E-state index contributed by atoms with van der Waals surface area (Å²) in [6.07, 6.45) is 5.50. The molecule has 3 amide bonds. The van der Waals surface area contributed by atoms with E-state index in [1.807, 2.05) is 60.5 Å². The molecule has 1 N–H and O–H groups in total. The van der Waals surface area contributed by atoms with Gasteiger partial charge >= 0.3 is 18.0 Å². The van der Waals surface area contributed by atoms with Crippen molar-refractivity contribution in [3.63, 3.8) is 0 Å². The summed E-state index contributed by atoms with van der Waals surface area (Å²) in [4.78, 5) is 76.4. The highest BCUT2D eigenvalue weighted by Crippen LogP contribution is 2.29. The maximum absolute atomic E-state index is 14.5. The van der Waals surface area contributed by atoms with E-state index in [1.165, 1.54) is 4.57 Å². The van der Waals surface area contributed by atoms with Crippen LogP contribution in [0.3, 0.4) is 0 Å². The van der Waals surface area contributed by atoms with Crippen LogP contribution in [0.4, 0.5) is 4.79 Å². The molecule has 340 valence electrons. The minimum absolute atomic E-state index is 0.0131. The lowest BCUT2D eigenvalue weighted by molar-refractivity contribution is -0.157. The third kappa shape index (κ3) is 10.7. The van der Waals surface area contributed by atoms with Crippen molar-refractivity contribution >= 4 is 45.7 Å². The van der Waals surface area contributed by atoms with Gasteiger partial charge in [0.05, 0.1) is 21.9 Å². The van der Waals surface area contributed by atoms with Crippen LogP contribution >= 0.6 is 0 Å². The smallest absolute Gasteiger partial charge is 0.318 e. The van der Waals surface area contributed by atoms with Crippen LogP contribution in [0, 0.1) is 17.8 Å². The molecule has 3 aliphatic heterocycles. The minimum Gasteiger partial charge on any atom is -0.443 e. The summed E-state index contributed by atoms with van der Waals surface area (Å²) in [6, 6.07) is 12.9. The summed E-state index contributed by atoms with van der Waals surface area (Å²) in [7, 11) is 2.16. The van der Waals surface area contributed by atoms with E-state index < -0.39 is 22.8 Å². The maximum atomic E-state index is 14.5. The highest BCUT2D eigenvalue weighted by Gasteiger charge is 2.34. The number of carbonyl (C=O) groups is 4. The fourth-order valence-corrected chi connectivity index (χ4v) is 9.03. The number of nitrogens with one attached hydrogen (secondary N) is 1. The number of benzene rings is 2. The van der Waals surface area contributed by atoms with Crippen molar-refractivity contribution in [3.05, 3.63) is 75.7 Å². The van der Waals surface area contributed by atoms with Gasteiger partial charge in [-0.15, -0.1) is 0 Å². The van der Waals surface area contributed by atoms with Crippen LogP contribution in [0.25, 0.3) is 21.8 Å². The number of urea groups is 1. The molecular formula is C48H66N8O7. The Morgan fingerprint density at radius 2 is 1.41 bits per heavy atom. The summed E-state index contributed by atoms with van der Waals surface area (Å²) in [5.41, 5.74) is 2.34. The van der Waals surface area contributed by atoms with Crippen LogP contribution in [0.2, 0.25) is 0 Å². The van der Waals surface area contributed by atoms with Gasteiger partial charge < -0.3 is 29.5 Å². The molecule has 7 rings (SSSR count). The molecule has 1 atom stereocenters. The Bertz CT molecular complexity index is 2370. The predicted octanol–water partition coefficient (Wildman–Crippen LogP) is 5.49. The number of ether oxygens (including phenoxy) is 2. The van der Waals surface area contributed by atoms with E-state index in [0.717, 1.165) is 66.4 Å². The number of amides is 3. The molecule has 0 aliphatic carbocycles. The molecule has 2 aromatic carbocycles. The molecule has 5 heterocycles. The lowest BCUT2D eigenvalue weighted by atomic mass is 9.89. The first-order chi connectivity index (χ1) is 29.8. The Balaban J connectivity index is 1.06. The first-order valence-electron chi connectivity index (χ1n) is 22.6. The van der Waals surface area contributed by atoms with E-state index in [2.05, 4.69) is 27.3 Å². The second-order valence-electron chi connectivity index (χ2n) is 19.9. The summed E-state index contributed by atoms with van der Waals surface area (Å²) in [5.74, 6) is -0.923. The molecule has 3 fully saturated rings. The topological polar surface area (TPSA) is 152 Å². The number of pyridine rings is 1. The number of rotatable bonds is 10. The zero-order valence-electron chi connectivity index (χ0n) is 38.4. The molecule has 0 radical (unpaired) electrons. The number of hydrogen-bond acceptors (Lipinski definition) is 10. The lowest BCUT2D eigenvalue weighted by Gasteiger charge is -2.43. The molecule has 2 aromatic heterocycles. The van der Waals surface area contributed by atoms with Crippen LogP contribution in [0.15, 0.2) is 53.5 Å². The number of esters is 2. The summed E-state index contributed by atoms with van der Waals surface area (Å²) in [5, 5.41) is 9.55. The van der Waals surface area contributed by atoms with Crippen molar-refractivity contribution in [1.29, 1.82) is 0 Å². The molecule has 0 saturated carbocycles. The monoisotopic (exact) mass is 867 g/mol. The van der Waals surface area contributed by atoms with E-state index in [4.69, 9.17) is 9.47 Å². The Kier molecular flexibility index (Phi) is 13.7. The van der Waals surface area contributed by atoms with Crippen molar-refractivity contribution in [2.75, 3.05) is 59.4 Å². The van der Waals surface area contributed by atoms with Crippen molar-refractivity contribution in [1.82, 2.24) is 39.3 Å². The SMILES string of the molecule is Cc1cc(CC(NC(=O)N2CCC(c3cc4ccccc4n(COC(=O)C(C)(C)C)c3=O)CC2)C(=O)N2CCN(C3CCN(C)CC3)CC2)cc2cn(COC(=O)C(C)(C)C)nc12. The molecule has 15 nitrogen and oxygen atoms in total. The third-order valence-corrected chi connectivity index (χ3v) is 12.9. The van der Waals surface area contributed by atoms with Crippen molar-refractivity contribution in [2.24, 2.45) is 10.8 Å². The molecule has 4 aromatic rings. The van der Waals surface area contributed by atoms with Gasteiger partial charge in [-0.3, -0.25) is 28.6 Å². The first-order valence-corrected chi connectivity index (χ1v) is 22.6. The highest BCUT2D eigenvalue weighted by atomic mass is 16.5. The molecule has 63 heavy (non-hydrogen) atoms. The van der Waals surface area contributed by atoms with Gasteiger partial charge in [0.2, 0.25) is 5.91 Å². The zero-order chi connectivity index (χ0) is 45.2. The number of likely N-dealkylation sites (tertiary alicyclic amines) is 2. The number of aryl methyl sites for hydroxylation is 1. The molecule has 0 bridgehead atoms. The van der Waals surface area contributed by atoms with Crippen LogP contribution in [-0.4, -0.2) is 129 Å². The average molecular weight is 867 g/mol. The van der Waals surface area contributed by atoms with Gasteiger partial charge in [-0.2, -0.15) is 5.10 Å². The standard InChI is InChI=1S/C48H66N8O7/c1-32-25-33(26-36-29-55(50-41(32)36)30-62-44(59)47(2,3)4)27-39(43(58)53-23-21-52(22-24-53)37-15-17-51(8)18-16-37)49-46(61)54-19-13-34(14-20-54)38-28-35-11-9-10-12-40(35)56(42(38)57)31-63-45(60)48(5,6)7/h9-12,25-26,28-29,34,37,39H,13-24,27,30-31H2,1-8H3,(H,49,61). The number of para-hydroxylation sites is 1. The number of carbonyl (C=O) groups excluding carboxylic acids is 4. The Morgan fingerprint density at radius 3 is 2.06 bits per heavy atom. The second-order valence-corrected chi connectivity index (χ2v) is 19.9. The molecule has 3 saturated heterocycles. The molecule has 1 unspecified atom stereocenters. The van der Waals surface area contributed by atoms with Crippen LogP contribution < -0.4 is 10.9 Å². The molecule has 15 heteroatoms. The van der Waals surface area contributed by atoms with Crippen molar-refractivity contribution < 1.29 is 28.7 Å². The number of hydrogen-bond donors (Lipinski definition) is 1. The summed E-state index contributed by atoms with van der Waals surface area (Å²) < 4.78 is 14.3. The highest BCUT2D eigenvalue weighted by molar-refractivity contribution is 5.88. The van der Waals surface area contributed by atoms with E-state index >= 15 is 0 Å². The van der Waals surface area contributed by atoms with Gasteiger partial charge in [-0.25, -0.2) is 9.48 Å². The van der Waals surface area contributed by atoms with Gasteiger partial charge in [0.25, 0.3) is 5.56 Å². The molecule has 0 spiro atoms. The normalized spacial score (nSPS) is 18.2. The Hall–Kier alpha value is -5.28. The van der Waals surface area contributed by atoms with Crippen LogP contribution in [-0.2, 0) is 43.7 Å². The van der Waals surface area contributed by atoms with Crippen LogP contribution in [0.5, 0.6) is 0 Å². The lowest BCUT2D eigenvalue weighted by Crippen LogP contribution is -2.59. The van der Waals surface area contributed by atoms with Crippen molar-refractivity contribution in [3.8, 4) is 0 Å². The number of aromatic nitrogens is 3. The number of fused-ring (bicyclic) bond motifs is 2. The molecule has 3 aliphatic rings. The quantitative estimate of drug-likeness (QED) is 0.203. The number of piperidine rings is 2. The van der Waals surface area contributed by atoms with Gasteiger partial charge in [0.1, 0.15) is 6.04 Å². The van der Waals surface area contributed by atoms with Gasteiger partial charge in [-0.1, -0.05) is 24.3 Å². The largest absolute Gasteiger partial charge is 0.443 e. The van der Waals surface area contributed by atoms with E-state index in [-0.39, 0.29) is 49.3 Å². The Morgan fingerprint density at radius 1 is 0.778 bits per heavy atom. The van der Waals surface area contributed by atoms with Crippen molar-refractivity contribution in [2.45, 2.75) is 112 Å². The average Bonchev–Trinajstić information content (AvgIpc) is 3.67. The fourth-order valence-electron chi connectivity index (χ4n) is 9.03. The fraction of sp³-hybridized carbons (Fsp3) is 0.583. The summed E-state index contributed by atoms with van der Waals surface area (Å²) in [6.45, 7) is 18.3. The Labute approximate surface area is 370 Å². The van der Waals surface area contributed by atoms with E-state index in [9.17, 15) is 24.0 Å². The van der Waals surface area contributed by atoms with Crippen LogP contribution in [0.1, 0.15) is 89.8 Å². The van der Waals surface area contributed by atoms with Gasteiger partial charge in [0.15, 0.2) is 13.5 Å². The second kappa shape index (κ2) is 18.8. The van der Waals surface area contributed by atoms with E-state index in [0.29, 0.717) is 56.1 Å². The van der Waals surface area contributed by atoms with Gasteiger partial charge in [-0.05, 0) is 135 Å². The van der Waals surface area contributed by atoms with E-state index in [1.54, 1.807) is 51.1 Å². The third-order valence-electron chi connectivity index (χ3n) is 12.9. The summed E-state index contributed by atoms with van der Waals surface area (Å²) >= 11 is 0. The maximum Gasteiger partial charge on any atom is 0.318 e. The minimum atomic E-state index is -0.812. The van der Waals surface area contributed by atoms with Gasteiger partial charge in [0, 0.05) is 68.9 Å². The zero-order valence-corrected chi connectivity index (χ0v) is 38.4.